The summed E-state index contributed by atoms with van der Waals surface area (Å²) in [6.45, 7) is 1.55. The first-order chi connectivity index (χ1) is 8.38. The van der Waals surface area contributed by atoms with Gasteiger partial charge in [0, 0.05) is 13.1 Å². The highest BCUT2D eigenvalue weighted by atomic mass is 19.1. The van der Waals surface area contributed by atoms with Crippen molar-refractivity contribution in [2.24, 2.45) is 5.92 Å². The van der Waals surface area contributed by atoms with Crippen molar-refractivity contribution >= 4 is 17.6 Å². The molecule has 0 bridgehead atoms. The van der Waals surface area contributed by atoms with Gasteiger partial charge in [0.2, 0.25) is 5.91 Å². The van der Waals surface area contributed by atoms with E-state index in [2.05, 4.69) is 0 Å². The van der Waals surface area contributed by atoms with Crippen LogP contribution < -0.4 is 4.90 Å². The number of nitrogens with zero attached hydrogens (tertiary/aromatic N) is 1. The van der Waals surface area contributed by atoms with Crippen LogP contribution in [-0.2, 0) is 9.59 Å². The van der Waals surface area contributed by atoms with Crippen LogP contribution in [-0.4, -0.2) is 24.0 Å². The molecule has 1 N–H and O–H groups in total. The zero-order valence-corrected chi connectivity index (χ0v) is 9.98. The number of anilines is 1. The predicted octanol–water partition coefficient (Wildman–Crippen LogP) is 2.04. The highest BCUT2D eigenvalue weighted by molar-refractivity contribution is 6.05. The van der Waals surface area contributed by atoms with Crippen LogP contribution in [0.3, 0.4) is 0 Å². The Morgan fingerprint density at radius 2 is 2.00 bits per heavy atom. The number of hydrogen-bond donors (Lipinski definition) is 1. The molecule has 1 rings (SSSR count). The highest BCUT2D eigenvalue weighted by Crippen LogP contribution is 2.21. The van der Waals surface area contributed by atoms with Crippen LogP contribution in [0.4, 0.5) is 14.5 Å². The average Bonchev–Trinajstić information content (AvgIpc) is 2.28. The third kappa shape index (κ3) is 2.82. The lowest BCUT2D eigenvalue weighted by atomic mass is 10.1. The topological polar surface area (TPSA) is 57.6 Å². The molecule has 0 fully saturated rings. The quantitative estimate of drug-likeness (QED) is 0.840. The first kappa shape index (κ1) is 14.1. The molecule has 1 aromatic rings. The van der Waals surface area contributed by atoms with Crippen LogP contribution in [0.15, 0.2) is 18.2 Å². The van der Waals surface area contributed by atoms with Crippen LogP contribution >= 0.6 is 0 Å². The smallest absolute Gasteiger partial charge is 0.316 e. The van der Waals surface area contributed by atoms with E-state index in [1.807, 2.05) is 0 Å². The number of carbonyl (C=O) groups is 2. The summed E-state index contributed by atoms with van der Waals surface area (Å²) >= 11 is 0. The number of benzene rings is 1. The Bertz CT molecular complexity index is 476. The van der Waals surface area contributed by atoms with E-state index in [-0.39, 0.29) is 12.1 Å². The molecule has 1 amide bonds. The van der Waals surface area contributed by atoms with Gasteiger partial charge in [-0.15, -0.1) is 0 Å². The van der Waals surface area contributed by atoms with Crippen molar-refractivity contribution in [1.82, 2.24) is 0 Å². The van der Waals surface area contributed by atoms with E-state index in [0.29, 0.717) is 6.07 Å². The van der Waals surface area contributed by atoms with Crippen molar-refractivity contribution in [3.8, 4) is 0 Å². The normalized spacial score (nSPS) is 12.0. The molecule has 1 atom stereocenters. The molecule has 6 heteroatoms. The third-order valence-electron chi connectivity index (χ3n) is 2.61. The minimum Gasteiger partial charge on any atom is -0.481 e. The Balaban J connectivity index is 3.02. The van der Waals surface area contributed by atoms with Gasteiger partial charge in [-0.3, -0.25) is 9.59 Å². The van der Waals surface area contributed by atoms with Gasteiger partial charge in [-0.2, -0.15) is 0 Å². The van der Waals surface area contributed by atoms with Gasteiger partial charge in [-0.05, 0) is 18.6 Å². The lowest BCUT2D eigenvalue weighted by Gasteiger charge is -2.21. The van der Waals surface area contributed by atoms with Crippen molar-refractivity contribution in [3.63, 3.8) is 0 Å². The molecule has 1 aromatic carbocycles. The Morgan fingerprint density at radius 3 is 2.44 bits per heavy atom. The molecule has 0 aliphatic rings. The van der Waals surface area contributed by atoms with Crippen LogP contribution in [0.25, 0.3) is 0 Å². The number of carboxylic acids is 1. The fraction of sp³-hybridized carbons (Fsp3) is 0.333. The molecule has 0 saturated carbocycles. The number of amides is 1. The van der Waals surface area contributed by atoms with Gasteiger partial charge in [0.05, 0.1) is 5.69 Å². The average molecular weight is 257 g/mol. The number of rotatable bonds is 4. The Labute approximate surface area is 103 Å². The summed E-state index contributed by atoms with van der Waals surface area (Å²) in [6, 6.07) is 2.74. The second kappa shape index (κ2) is 5.57. The number of halogens is 2. The summed E-state index contributed by atoms with van der Waals surface area (Å²) in [5, 5.41) is 8.85. The largest absolute Gasteiger partial charge is 0.481 e. The molecule has 0 aliphatic carbocycles. The summed E-state index contributed by atoms with van der Waals surface area (Å²) in [7, 11) is 1.25. The highest BCUT2D eigenvalue weighted by Gasteiger charge is 2.28. The summed E-state index contributed by atoms with van der Waals surface area (Å²) < 4.78 is 26.2. The number of carboxylic acid groups (broad SMARTS) is 1. The van der Waals surface area contributed by atoms with E-state index in [0.717, 1.165) is 17.0 Å². The molecule has 0 aromatic heterocycles. The van der Waals surface area contributed by atoms with Gasteiger partial charge in [-0.25, -0.2) is 8.78 Å². The van der Waals surface area contributed by atoms with Crippen molar-refractivity contribution < 1.29 is 23.5 Å². The van der Waals surface area contributed by atoms with Gasteiger partial charge in [0.1, 0.15) is 17.6 Å². The van der Waals surface area contributed by atoms with Gasteiger partial charge in [-0.1, -0.05) is 6.92 Å². The molecule has 0 aliphatic heterocycles. The van der Waals surface area contributed by atoms with Crippen molar-refractivity contribution in [3.05, 3.63) is 29.8 Å². The molecule has 0 radical (unpaired) electrons. The first-order valence-corrected chi connectivity index (χ1v) is 5.33. The maximum atomic E-state index is 13.4. The zero-order chi connectivity index (χ0) is 13.9. The summed E-state index contributed by atoms with van der Waals surface area (Å²) in [5.74, 6) is -4.92. The van der Waals surface area contributed by atoms with Crippen LogP contribution in [0.5, 0.6) is 0 Å². The summed E-state index contributed by atoms with van der Waals surface area (Å²) in [5.41, 5.74) is -0.152. The van der Waals surface area contributed by atoms with E-state index in [9.17, 15) is 18.4 Å². The van der Waals surface area contributed by atoms with E-state index in [1.165, 1.54) is 7.05 Å². The Kier molecular flexibility index (Phi) is 4.36. The zero-order valence-electron chi connectivity index (χ0n) is 9.98. The minimum absolute atomic E-state index is 0.0985. The van der Waals surface area contributed by atoms with E-state index < -0.39 is 29.4 Å². The number of carbonyl (C=O) groups excluding carboxylic acids is 1. The van der Waals surface area contributed by atoms with Crippen LogP contribution in [0.1, 0.15) is 13.3 Å². The monoisotopic (exact) mass is 257 g/mol. The Morgan fingerprint density at radius 1 is 1.39 bits per heavy atom. The molecule has 4 nitrogen and oxygen atoms in total. The third-order valence-corrected chi connectivity index (χ3v) is 2.61. The van der Waals surface area contributed by atoms with Gasteiger partial charge in [0.15, 0.2) is 0 Å². The molecule has 1 unspecified atom stereocenters. The molecular formula is C12H13F2NO3. The fourth-order valence-electron chi connectivity index (χ4n) is 1.56. The standard InChI is InChI=1S/C12H13F2NO3/c1-3-8(12(17)18)11(16)15(2)10-5-4-7(13)6-9(10)14/h4-6,8H,3H2,1-2H3,(H,17,18). The molecule has 18 heavy (non-hydrogen) atoms. The summed E-state index contributed by atoms with van der Waals surface area (Å²) in [6.07, 6.45) is 0.0985. The first-order valence-electron chi connectivity index (χ1n) is 5.33. The number of aliphatic carboxylic acids is 1. The van der Waals surface area contributed by atoms with Gasteiger partial charge < -0.3 is 10.0 Å². The van der Waals surface area contributed by atoms with E-state index in [1.54, 1.807) is 6.92 Å². The van der Waals surface area contributed by atoms with Crippen LogP contribution in [0, 0.1) is 17.6 Å². The predicted molar refractivity (Wildman–Crippen MR) is 61.2 cm³/mol. The second-order valence-corrected chi connectivity index (χ2v) is 3.79. The summed E-state index contributed by atoms with van der Waals surface area (Å²) in [4.78, 5) is 23.6. The molecule has 98 valence electrons. The number of hydrogen-bond acceptors (Lipinski definition) is 2. The fourth-order valence-corrected chi connectivity index (χ4v) is 1.56. The second-order valence-electron chi connectivity index (χ2n) is 3.79. The van der Waals surface area contributed by atoms with E-state index in [4.69, 9.17) is 5.11 Å². The lowest BCUT2D eigenvalue weighted by Crippen LogP contribution is -2.37. The Hall–Kier alpha value is -1.98. The lowest BCUT2D eigenvalue weighted by molar-refractivity contribution is -0.146. The molecule has 0 spiro atoms. The van der Waals surface area contributed by atoms with Crippen molar-refractivity contribution in [2.75, 3.05) is 11.9 Å². The SMILES string of the molecule is CCC(C(=O)O)C(=O)N(C)c1ccc(F)cc1F. The van der Waals surface area contributed by atoms with Crippen molar-refractivity contribution in [1.29, 1.82) is 0 Å². The van der Waals surface area contributed by atoms with Gasteiger partial charge >= 0.3 is 5.97 Å². The molecular weight excluding hydrogens is 244 g/mol. The molecule has 0 saturated heterocycles. The van der Waals surface area contributed by atoms with E-state index >= 15 is 0 Å². The molecule has 0 heterocycles. The minimum atomic E-state index is -1.27. The van der Waals surface area contributed by atoms with Crippen molar-refractivity contribution in [2.45, 2.75) is 13.3 Å². The van der Waals surface area contributed by atoms with Crippen LogP contribution in [0.2, 0.25) is 0 Å². The van der Waals surface area contributed by atoms with Gasteiger partial charge in [0.25, 0.3) is 0 Å². The maximum Gasteiger partial charge on any atom is 0.316 e. The maximum absolute atomic E-state index is 13.4.